The van der Waals surface area contributed by atoms with Crippen molar-refractivity contribution in [3.8, 4) is 0 Å². The van der Waals surface area contributed by atoms with Crippen LogP contribution in [0.4, 0.5) is 14.5 Å². The molecule has 3 nitrogen and oxygen atoms in total. The Labute approximate surface area is 115 Å². The summed E-state index contributed by atoms with van der Waals surface area (Å²) in [6.07, 6.45) is 2.31. The maximum atomic E-state index is 13.5. The fourth-order valence-electron chi connectivity index (χ4n) is 2.21. The fraction of sp³-hybridized carbons (Fsp3) is 0.462. The fourth-order valence-corrected chi connectivity index (χ4v) is 2.45. The summed E-state index contributed by atoms with van der Waals surface area (Å²) in [7, 11) is 0. The largest absolute Gasteiger partial charge is 0.322 e. The van der Waals surface area contributed by atoms with E-state index in [0.717, 1.165) is 32.0 Å². The summed E-state index contributed by atoms with van der Waals surface area (Å²) in [6.45, 7) is 1.75. The topological polar surface area (TPSA) is 41.1 Å². The molecule has 0 aliphatic carbocycles. The Morgan fingerprint density at radius 2 is 2.26 bits per heavy atom. The summed E-state index contributed by atoms with van der Waals surface area (Å²) in [4.78, 5) is 11.8. The van der Waals surface area contributed by atoms with Gasteiger partial charge in [-0.25, -0.2) is 8.78 Å². The van der Waals surface area contributed by atoms with Crippen molar-refractivity contribution in [3.63, 3.8) is 0 Å². The van der Waals surface area contributed by atoms with Gasteiger partial charge in [-0.05, 0) is 37.9 Å². The van der Waals surface area contributed by atoms with Crippen molar-refractivity contribution in [1.29, 1.82) is 0 Å². The van der Waals surface area contributed by atoms with Gasteiger partial charge < -0.3 is 10.6 Å². The van der Waals surface area contributed by atoms with E-state index in [4.69, 9.17) is 11.6 Å². The Morgan fingerprint density at radius 1 is 1.47 bits per heavy atom. The number of anilines is 1. The first-order chi connectivity index (χ1) is 9.06. The molecule has 0 bridgehead atoms. The minimum Gasteiger partial charge on any atom is -0.322 e. The molecule has 0 saturated carbocycles. The number of halogens is 3. The lowest BCUT2D eigenvalue weighted by Crippen LogP contribution is -2.32. The zero-order valence-corrected chi connectivity index (χ0v) is 11.1. The molecule has 1 saturated heterocycles. The summed E-state index contributed by atoms with van der Waals surface area (Å²) in [6, 6.07) is 1.67. The predicted octanol–water partition coefficient (Wildman–Crippen LogP) is 2.95. The lowest BCUT2D eigenvalue weighted by molar-refractivity contribution is -0.117. The highest BCUT2D eigenvalue weighted by Gasteiger charge is 2.19. The molecule has 1 heterocycles. The van der Waals surface area contributed by atoms with E-state index in [2.05, 4.69) is 10.6 Å². The van der Waals surface area contributed by atoms with Crippen LogP contribution in [0.2, 0.25) is 5.02 Å². The van der Waals surface area contributed by atoms with Crippen molar-refractivity contribution in [2.75, 3.05) is 18.4 Å². The Morgan fingerprint density at radius 3 is 2.89 bits per heavy atom. The highest BCUT2D eigenvalue weighted by molar-refractivity contribution is 6.33. The molecule has 2 N–H and O–H groups in total. The third-order valence-electron chi connectivity index (χ3n) is 3.14. The third-order valence-corrected chi connectivity index (χ3v) is 3.44. The molecule has 1 aromatic rings. The van der Waals surface area contributed by atoms with Gasteiger partial charge in [0.2, 0.25) is 5.91 Å². The number of hydrogen-bond donors (Lipinski definition) is 2. The van der Waals surface area contributed by atoms with Crippen LogP contribution in [-0.2, 0) is 4.79 Å². The Bertz CT molecular complexity index is 453. The van der Waals surface area contributed by atoms with Crippen LogP contribution in [-0.4, -0.2) is 19.0 Å². The minimum atomic E-state index is -0.861. The van der Waals surface area contributed by atoms with E-state index >= 15 is 0 Å². The first kappa shape index (κ1) is 14.2. The van der Waals surface area contributed by atoms with Crippen LogP contribution in [0.25, 0.3) is 0 Å². The second-order valence-electron chi connectivity index (χ2n) is 4.71. The van der Waals surface area contributed by atoms with Gasteiger partial charge in [0.1, 0.15) is 5.82 Å². The van der Waals surface area contributed by atoms with Crippen LogP contribution in [0, 0.1) is 17.6 Å². The molecule has 1 atom stereocenters. The third kappa shape index (κ3) is 3.88. The summed E-state index contributed by atoms with van der Waals surface area (Å²) >= 11 is 5.71. The molecule has 1 aliphatic rings. The molecule has 104 valence electrons. The lowest BCUT2D eigenvalue weighted by atomic mass is 9.96. The molecule has 1 fully saturated rings. The second-order valence-corrected chi connectivity index (χ2v) is 5.12. The number of benzene rings is 1. The van der Waals surface area contributed by atoms with Crippen molar-refractivity contribution >= 4 is 23.2 Å². The molecule has 19 heavy (non-hydrogen) atoms. The quantitative estimate of drug-likeness (QED) is 0.898. The van der Waals surface area contributed by atoms with Gasteiger partial charge in [0.15, 0.2) is 5.82 Å². The Kier molecular flexibility index (Phi) is 4.71. The SMILES string of the molecule is O=C(CC1CCCNC1)Nc1c(F)cc(F)cc1Cl. The maximum Gasteiger partial charge on any atom is 0.224 e. The van der Waals surface area contributed by atoms with E-state index in [9.17, 15) is 13.6 Å². The summed E-state index contributed by atoms with van der Waals surface area (Å²) < 4.78 is 26.4. The van der Waals surface area contributed by atoms with E-state index in [1.165, 1.54) is 0 Å². The van der Waals surface area contributed by atoms with Crippen molar-refractivity contribution in [2.45, 2.75) is 19.3 Å². The Hall–Kier alpha value is -1.20. The van der Waals surface area contributed by atoms with Gasteiger partial charge >= 0.3 is 0 Å². The average Bonchev–Trinajstić information content (AvgIpc) is 2.35. The maximum absolute atomic E-state index is 13.5. The molecule has 1 amide bonds. The molecular weight excluding hydrogens is 274 g/mol. The number of nitrogens with one attached hydrogen (secondary N) is 2. The van der Waals surface area contributed by atoms with E-state index in [1.54, 1.807) is 0 Å². The standard InChI is InChI=1S/C13H15ClF2N2O/c14-10-5-9(15)6-11(16)13(10)18-12(19)4-8-2-1-3-17-7-8/h5-6,8,17H,1-4,7H2,(H,18,19). The highest BCUT2D eigenvalue weighted by Crippen LogP contribution is 2.27. The van der Waals surface area contributed by atoms with Crippen molar-refractivity contribution < 1.29 is 13.6 Å². The van der Waals surface area contributed by atoms with Crippen LogP contribution < -0.4 is 10.6 Å². The summed E-state index contributed by atoms with van der Waals surface area (Å²) in [5.74, 6) is -1.69. The molecule has 1 aliphatic heterocycles. The van der Waals surface area contributed by atoms with Gasteiger partial charge in [0.25, 0.3) is 0 Å². The Balaban J connectivity index is 1.98. The monoisotopic (exact) mass is 288 g/mol. The van der Waals surface area contributed by atoms with Crippen molar-refractivity contribution in [2.24, 2.45) is 5.92 Å². The van der Waals surface area contributed by atoms with Crippen LogP contribution in [0.1, 0.15) is 19.3 Å². The molecule has 1 unspecified atom stereocenters. The second kappa shape index (κ2) is 6.30. The van der Waals surface area contributed by atoms with Gasteiger partial charge in [-0.2, -0.15) is 0 Å². The highest BCUT2D eigenvalue weighted by atomic mass is 35.5. The number of hydrogen-bond acceptors (Lipinski definition) is 2. The molecule has 0 radical (unpaired) electrons. The number of amides is 1. The molecule has 1 aromatic carbocycles. The molecule has 6 heteroatoms. The van der Waals surface area contributed by atoms with Crippen LogP contribution in [0.3, 0.4) is 0 Å². The lowest BCUT2D eigenvalue weighted by Gasteiger charge is -2.22. The van der Waals surface area contributed by atoms with Crippen LogP contribution in [0.5, 0.6) is 0 Å². The van der Waals surface area contributed by atoms with Gasteiger partial charge in [0, 0.05) is 12.5 Å². The zero-order valence-electron chi connectivity index (χ0n) is 10.3. The smallest absolute Gasteiger partial charge is 0.224 e. The summed E-state index contributed by atoms with van der Waals surface area (Å²) in [5.41, 5.74) is -0.156. The van der Waals surface area contributed by atoms with E-state index in [-0.39, 0.29) is 22.5 Å². The molecule has 0 aromatic heterocycles. The average molecular weight is 289 g/mol. The first-order valence-electron chi connectivity index (χ1n) is 6.21. The number of piperidine rings is 1. The number of carbonyl (C=O) groups excluding carboxylic acids is 1. The van der Waals surface area contributed by atoms with Gasteiger partial charge in [0.05, 0.1) is 10.7 Å². The van der Waals surface area contributed by atoms with Crippen LogP contribution >= 0.6 is 11.6 Å². The summed E-state index contributed by atoms with van der Waals surface area (Å²) in [5, 5.41) is 5.49. The number of carbonyl (C=O) groups is 1. The van der Waals surface area contributed by atoms with Crippen molar-refractivity contribution in [1.82, 2.24) is 5.32 Å². The minimum absolute atomic E-state index is 0.132. The molecular formula is C13H15ClF2N2O. The normalized spacial score (nSPS) is 19.2. The zero-order chi connectivity index (χ0) is 13.8. The predicted molar refractivity (Wildman–Crippen MR) is 70.2 cm³/mol. The van der Waals surface area contributed by atoms with Gasteiger partial charge in [-0.3, -0.25) is 4.79 Å². The van der Waals surface area contributed by atoms with Crippen molar-refractivity contribution in [3.05, 3.63) is 28.8 Å². The van der Waals surface area contributed by atoms with E-state index in [1.807, 2.05) is 0 Å². The van der Waals surface area contributed by atoms with E-state index in [0.29, 0.717) is 12.5 Å². The van der Waals surface area contributed by atoms with Gasteiger partial charge in [-0.1, -0.05) is 11.6 Å². The van der Waals surface area contributed by atoms with Gasteiger partial charge in [-0.15, -0.1) is 0 Å². The van der Waals surface area contributed by atoms with E-state index < -0.39 is 11.6 Å². The molecule has 2 rings (SSSR count). The van der Waals surface area contributed by atoms with Crippen LogP contribution in [0.15, 0.2) is 12.1 Å². The number of rotatable bonds is 3. The molecule has 0 spiro atoms. The first-order valence-corrected chi connectivity index (χ1v) is 6.59.